The molecule has 1 saturated heterocycles. The van der Waals surface area contributed by atoms with Crippen molar-refractivity contribution in [3.63, 3.8) is 0 Å². The number of aryl methyl sites for hydroxylation is 1. The van der Waals surface area contributed by atoms with Crippen molar-refractivity contribution in [3.8, 4) is 5.75 Å². The number of hydrogen-bond acceptors (Lipinski definition) is 3. The van der Waals surface area contributed by atoms with Crippen LogP contribution in [-0.4, -0.2) is 41.6 Å². The number of fused-ring (bicyclic) bond motifs is 1. The van der Waals surface area contributed by atoms with E-state index in [9.17, 15) is 9.90 Å². The number of nitrogens with one attached hydrogen (secondary N) is 1. The van der Waals surface area contributed by atoms with E-state index in [2.05, 4.69) is 53.2 Å². The minimum absolute atomic E-state index is 0.0162. The van der Waals surface area contributed by atoms with Crippen molar-refractivity contribution in [2.45, 2.75) is 69.2 Å². The van der Waals surface area contributed by atoms with Gasteiger partial charge < -0.3 is 10.4 Å². The first-order chi connectivity index (χ1) is 16.6. The van der Waals surface area contributed by atoms with Crippen molar-refractivity contribution in [2.24, 2.45) is 5.92 Å². The number of hydrogen-bond donors (Lipinski definition) is 2. The maximum Gasteiger partial charge on any atom is 0.220 e. The molecule has 1 saturated carbocycles. The van der Waals surface area contributed by atoms with Crippen molar-refractivity contribution in [1.29, 1.82) is 0 Å². The van der Waals surface area contributed by atoms with Gasteiger partial charge in [0.1, 0.15) is 5.75 Å². The normalized spacial score (nSPS) is 24.8. The Morgan fingerprint density at radius 3 is 2.76 bits per heavy atom. The first kappa shape index (κ1) is 24.5. The van der Waals surface area contributed by atoms with E-state index in [-0.39, 0.29) is 17.4 Å². The van der Waals surface area contributed by atoms with Crippen molar-refractivity contribution in [2.75, 3.05) is 19.6 Å². The largest absolute Gasteiger partial charge is 0.508 e. The van der Waals surface area contributed by atoms with Crippen molar-refractivity contribution >= 4 is 5.91 Å². The summed E-state index contributed by atoms with van der Waals surface area (Å²) in [5, 5.41) is 13.6. The van der Waals surface area contributed by atoms with Crippen LogP contribution in [0.2, 0.25) is 0 Å². The highest BCUT2D eigenvalue weighted by molar-refractivity contribution is 5.76. The van der Waals surface area contributed by atoms with E-state index >= 15 is 0 Å². The molecule has 182 valence electrons. The number of benzene rings is 2. The summed E-state index contributed by atoms with van der Waals surface area (Å²) in [7, 11) is 0. The number of likely N-dealkylation sites (tertiary alicyclic amines) is 1. The van der Waals surface area contributed by atoms with Crippen LogP contribution in [0, 0.1) is 5.92 Å². The van der Waals surface area contributed by atoms with Crippen LogP contribution in [0.5, 0.6) is 5.75 Å². The first-order valence-electron chi connectivity index (χ1n) is 13.0. The Balaban J connectivity index is 1.32. The number of aromatic hydroxyl groups is 1. The van der Waals surface area contributed by atoms with E-state index in [1.54, 1.807) is 6.07 Å². The quantitative estimate of drug-likeness (QED) is 0.358. The molecule has 3 unspecified atom stereocenters. The molecular formula is C30H40N2O2. The molecule has 1 amide bonds. The number of nitrogens with zero attached hydrogens (tertiary/aromatic N) is 1. The topological polar surface area (TPSA) is 52.6 Å². The van der Waals surface area contributed by atoms with Gasteiger partial charge in [0.2, 0.25) is 5.91 Å². The zero-order valence-corrected chi connectivity index (χ0v) is 20.4. The molecule has 4 nitrogen and oxygen atoms in total. The van der Waals surface area contributed by atoms with E-state index < -0.39 is 0 Å². The highest BCUT2D eigenvalue weighted by Gasteiger charge is 2.48. The van der Waals surface area contributed by atoms with Crippen LogP contribution in [0.25, 0.3) is 0 Å². The smallest absolute Gasteiger partial charge is 0.220 e. The van der Waals surface area contributed by atoms with E-state index in [1.807, 2.05) is 18.2 Å². The van der Waals surface area contributed by atoms with Gasteiger partial charge in [0.15, 0.2) is 0 Å². The zero-order chi connectivity index (χ0) is 23.8. The molecule has 4 rings (SSSR count). The summed E-state index contributed by atoms with van der Waals surface area (Å²) in [5.41, 5.74) is 2.62. The van der Waals surface area contributed by atoms with Crippen LogP contribution in [-0.2, 0) is 16.6 Å². The Morgan fingerprint density at radius 2 is 1.97 bits per heavy atom. The molecule has 3 atom stereocenters. The number of amides is 1. The molecule has 0 radical (unpaired) electrons. The number of rotatable bonds is 10. The van der Waals surface area contributed by atoms with Gasteiger partial charge in [-0.05, 0) is 80.7 Å². The highest BCUT2D eigenvalue weighted by atomic mass is 16.3. The second-order valence-corrected chi connectivity index (χ2v) is 10.3. The number of piperidine rings is 1. The van der Waals surface area contributed by atoms with Gasteiger partial charge in [0.25, 0.3) is 0 Å². The third-order valence-electron chi connectivity index (χ3n) is 7.99. The molecule has 2 aromatic rings. The van der Waals surface area contributed by atoms with Crippen LogP contribution in [0.4, 0.5) is 0 Å². The van der Waals surface area contributed by atoms with E-state index in [0.29, 0.717) is 18.1 Å². The number of carbonyl (C=O) groups excluding carboxylic acids is 1. The zero-order valence-electron chi connectivity index (χ0n) is 20.4. The molecule has 0 bridgehead atoms. The molecule has 2 aliphatic rings. The minimum atomic E-state index is 0.0162. The summed E-state index contributed by atoms with van der Waals surface area (Å²) < 4.78 is 0. The van der Waals surface area contributed by atoms with Crippen LogP contribution in [0.3, 0.4) is 0 Å². The van der Waals surface area contributed by atoms with Crippen molar-refractivity contribution < 1.29 is 9.90 Å². The summed E-state index contributed by atoms with van der Waals surface area (Å²) in [6, 6.07) is 18.6. The summed E-state index contributed by atoms with van der Waals surface area (Å²) in [6.07, 6.45) is 11.0. The predicted octanol–water partition coefficient (Wildman–Crippen LogP) is 5.61. The van der Waals surface area contributed by atoms with Gasteiger partial charge >= 0.3 is 0 Å². The van der Waals surface area contributed by atoms with Gasteiger partial charge in [0.05, 0.1) is 0 Å². The highest BCUT2D eigenvalue weighted by Crippen LogP contribution is 2.49. The summed E-state index contributed by atoms with van der Waals surface area (Å²) in [4.78, 5) is 15.3. The Kier molecular flexibility index (Phi) is 8.44. The van der Waals surface area contributed by atoms with Crippen LogP contribution in [0.15, 0.2) is 67.3 Å². The average molecular weight is 461 g/mol. The second kappa shape index (κ2) is 11.7. The average Bonchev–Trinajstić information content (AvgIpc) is 2.85. The summed E-state index contributed by atoms with van der Waals surface area (Å²) >= 11 is 0. The lowest BCUT2D eigenvalue weighted by Gasteiger charge is -2.53. The number of phenolic OH excluding ortho intramolecular Hbond substituents is 1. The SMILES string of the molecule is C=CCN1CCC2(c3cccc(O)c3)CC(NC(=O)CCCCCc3ccccc3)CCC2C1. The Morgan fingerprint density at radius 1 is 1.12 bits per heavy atom. The third-order valence-corrected chi connectivity index (χ3v) is 7.99. The molecule has 2 aromatic carbocycles. The fourth-order valence-electron chi connectivity index (χ4n) is 6.24. The molecule has 1 heterocycles. The summed E-state index contributed by atoms with van der Waals surface area (Å²) in [5.74, 6) is 1.06. The van der Waals surface area contributed by atoms with Gasteiger partial charge in [-0.2, -0.15) is 0 Å². The molecule has 1 aliphatic heterocycles. The van der Waals surface area contributed by atoms with E-state index in [4.69, 9.17) is 0 Å². The molecule has 0 aromatic heterocycles. The lowest BCUT2D eigenvalue weighted by molar-refractivity contribution is -0.122. The lowest BCUT2D eigenvalue weighted by atomic mass is 9.58. The van der Waals surface area contributed by atoms with Gasteiger partial charge in [0, 0.05) is 31.0 Å². The molecule has 4 heteroatoms. The Labute approximate surface area is 205 Å². The van der Waals surface area contributed by atoms with Gasteiger partial charge in [-0.15, -0.1) is 6.58 Å². The third kappa shape index (κ3) is 6.09. The van der Waals surface area contributed by atoms with Crippen molar-refractivity contribution in [3.05, 3.63) is 78.4 Å². The molecule has 1 aliphatic carbocycles. The molecular weight excluding hydrogens is 420 g/mol. The number of phenols is 1. The lowest BCUT2D eigenvalue weighted by Crippen LogP contribution is -2.56. The Bertz CT molecular complexity index is 944. The monoisotopic (exact) mass is 460 g/mol. The first-order valence-corrected chi connectivity index (χ1v) is 13.0. The van der Waals surface area contributed by atoms with Crippen LogP contribution >= 0.6 is 0 Å². The standard InChI is InChI=1S/C30H40N2O2/c1-2-19-32-20-18-30(25-13-9-14-28(33)21-25)22-27(17-16-26(30)23-32)31-29(34)15-8-4-7-12-24-10-5-3-6-11-24/h2-3,5-6,9-11,13-14,21,26-27,33H,1,4,7-8,12,15-20,22-23H2,(H,31,34). The number of unbranched alkanes of at least 4 members (excludes halogenated alkanes) is 2. The maximum atomic E-state index is 12.8. The van der Waals surface area contributed by atoms with Gasteiger partial charge in [-0.3, -0.25) is 9.69 Å². The fourth-order valence-corrected chi connectivity index (χ4v) is 6.24. The molecule has 34 heavy (non-hydrogen) atoms. The maximum absolute atomic E-state index is 12.8. The van der Waals surface area contributed by atoms with Crippen molar-refractivity contribution in [1.82, 2.24) is 10.2 Å². The van der Waals surface area contributed by atoms with Crippen LogP contribution in [0.1, 0.15) is 62.5 Å². The molecule has 2 N–H and O–H groups in total. The number of carbonyl (C=O) groups is 1. The van der Waals surface area contributed by atoms with Gasteiger partial charge in [-0.25, -0.2) is 0 Å². The van der Waals surface area contributed by atoms with Gasteiger partial charge in [-0.1, -0.05) is 55.0 Å². The Hall–Kier alpha value is -2.59. The van der Waals surface area contributed by atoms with E-state index in [1.165, 1.54) is 11.1 Å². The van der Waals surface area contributed by atoms with E-state index in [0.717, 1.165) is 71.0 Å². The predicted molar refractivity (Wildman–Crippen MR) is 139 cm³/mol. The molecule has 2 fully saturated rings. The minimum Gasteiger partial charge on any atom is -0.508 e. The molecule has 0 spiro atoms. The van der Waals surface area contributed by atoms with Crippen LogP contribution < -0.4 is 5.32 Å². The fraction of sp³-hybridized carbons (Fsp3) is 0.500. The second-order valence-electron chi connectivity index (χ2n) is 10.3. The summed E-state index contributed by atoms with van der Waals surface area (Å²) in [6.45, 7) is 6.93.